The molecule has 2 aromatic rings. The Morgan fingerprint density at radius 3 is 2.54 bits per heavy atom. The van der Waals surface area contributed by atoms with Crippen LogP contribution in [0.1, 0.15) is 33.5 Å². The van der Waals surface area contributed by atoms with Crippen LogP contribution in [0.5, 0.6) is 0 Å². The van der Waals surface area contributed by atoms with Gasteiger partial charge in [0.25, 0.3) is 5.91 Å². The maximum atomic E-state index is 11.9. The Hall–Kier alpha value is -2.62. The summed E-state index contributed by atoms with van der Waals surface area (Å²) in [6.45, 7) is 0.580. The van der Waals surface area contributed by atoms with Crippen molar-refractivity contribution in [3.05, 3.63) is 70.8 Å². The maximum absolute atomic E-state index is 11.9. The average Bonchev–Trinajstić information content (AvgIpc) is 3.08. The van der Waals surface area contributed by atoms with Gasteiger partial charge in [-0.1, -0.05) is 36.4 Å². The third-order valence-electron chi connectivity index (χ3n) is 4.34. The van der Waals surface area contributed by atoms with E-state index < -0.39 is 0 Å². The molecule has 0 heterocycles. The van der Waals surface area contributed by atoms with Crippen molar-refractivity contribution in [1.29, 1.82) is 0 Å². The first-order chi connectivity index (χ1) is 11.7. The van der Waals surface area contributed by atoms with Crippen molar-refractivity contribution in [2.75, 3.05) is 13.1 Å². The lowest BCUT2D eigenvalue weighted by atomic mass is 10.0. The van der Waals surface area contributed by atoms with Crippen LogP contribution in [0.2, 0.25) is 0 Å². The second-order valence-electron chi connectivity index (χ2n) is 6.11. The summed E-state index contributed by atoms with van der Waals surface area (Å²) < 4.78 is 0. The highest BCUT2D eigenvalue weighted by Gasteiger charge is 2.11. The van der Waals surface area contributed by atoms with Gasteiger partial charge in [0.2, 0.25) is 5.91 Å². The fraction of sp³-hybridized carbons (Fsp3) is 0.300. The van der Waals surface area contributed by atoms with Gasteiger partial charge in [0.1, 0.15) is 0 Å². The Bertz CT molecular complexity index is 726. The fourth-order valence-corrected chi connectivity index (χ4v) is 3.04. The number of fused-ring (bicyclic) bond motifs is 1. The molecular weight excluding hydrogens is 300 g/mol. The highest BCUT2D eigenvalue weighted by Crippen LogP contribution is 2.22. The molecule has 3 rings (SSSR count). The summed E-state index contributed by atoms with van der Waals surface area (Å²) in [5.74, 6) is -0.398. The lowest BCUT2D eigenvalue weighted by molar-refractivity contribution is -0.120. The molecule has 24 heavy (non-hydrogen) atoms. The Kier molecular flexibility index (Phi) is 5.26. The van der Waals surface area contributed by atoms with Gasteiger partial charge in [0.15, 0.2) is 0 Å². The Labute approximate surface area is 142 Å². The van der Waals surface area contributed by atoms with E-state index in [0.29, 0.717) is 12.1 Å². The SMILES string of the molecule is O=C(CNC(=O)c1ccccc1)NCCc1ccc2c(c1)CCC2. The molecule has 1 aliphatic rings. The van der Waals surface area contributed by atoms with Crippen LogP contribution < -0.4 is 10.6 Å². The van der Waals surface area contributed by atoms with Gasteiger partial charge in [-0.25, -0.2) is 0 Å². The minimum Gasteiger partial charge on any atom is -0.354 e. The van der Waals surface area contributed by atoms with Crippen molar-refractivity contribution in [1.82, 2.24) is 10.6 Å². The molecule has 0 unspecified atom stereocenters. The van der Waals surface area contributed by atoms with Crippen LogP contribution in [0.3, 0.4) is 0 Å². The summed E-state index contributed by atoms with van der Waals surface area (Å²) in [5.41, 5.74) is 4.73. The Morgan fingerprint density at radius 1 is 0.917 bits per heavy atom. The van der Waals surface area contributed by atoms with Crippen molar-refractivity contribution < 1.29 is 9.59 Å². The molecule has 2 N–H and O–H groups in total. The topological polar surface area (TPSA) is 58.2 Å². The molecule has 2 amide bonds. The summed E-state index contributed by atoms with van der Waals surface area (Å²) in [5, 5.41) is 5.48. The van der Waals surface area contributed by atoms with E-state index in [1.165, 1.54) is 36.0 Å². The second-order valence-corrected chi connectivity index (χ2v) is 6.11. The van der Waals surface area contributed by atoms with Gasteiger partial charge in [-0.15, -0.1) is 0 Å². The van der Waals surface area contributed by atoms with Crippen LogP contribution >= 0.6 is 0 Å². The normalized spacial score (nSPS) is 12.5. The molecule has 0 saturated carbocycles. The molecule has 124 valence electrons. The zero-order valence-corrected chi connectivity index (χ0v) is 13.7. The van der Waals surface area contributed by atoms with E-state index >= 15 is 0 Å². The minimum atomic E-state index is -0.232. The summed E-state index contributed by atoms with van der Waals surface area (Å²) in [6.07, 6.45) is 4.41. The quantitative estimate of drug-likeness (QED) is 0.857. The summed E-state index contributed by atoms with van der Waals surface area (Å²) in [4.78, 5) is 23.7. The largest absolute Gasteiger partial charge is 0.354 e. The van der Waals surface area contributed by atoms with Gasteiger partial charge in [-0.3, -0.25) is 9.59 Å². The highest BCUT2D eigenvalue weighted by atomic mass is 16.2. The first-order valence-electron chi connectivity index (χ1n) is 8.43. The summed E-state index contributed by atoms with van der Waals surface area (Å²) in [6, 6.07) is 15.5. The standard InChI is InChI=1S/C20H22N2O2/c23-19(14-22-20(24)17-5-2-1-3-6-17)21-12-11-15-9-10-16-7-4-8-18(16)13-15/h1-3,5-6,9-10,13H,4,7-8,11-12,14H2,(H,21,23)(H,22,24). The lowest BCUT2D eigenvalue weighted by Crippen LogP contribution is -2.37. The van der Waals surface area contributed by atoms with Gasteiger partial charge >= 0.3 is 0 Å². The third kappa shape index (κ3) is 4.22. The minimum absolute atomic E-state index is 0.00207. The number of benzene rings is 2. The fourth-order valence-electron chi connectivity index (χ4n) is 3.04. The predicted molar refractivity (Wildman–Crippen MR) is 94.0 cm³/mol. The van der Waals surface area contributed by atoms with E-state index in [0.717, 1.165) is 6.42 Å². The monoisotopic (exact) mass is 322 g/mol. The molecule has 4 heteroatoms. The summed E-state index contributed by atoms with van der Waals surface area (Å²) in [7, 11) is 0. The lowest BCUT2D eigenvalue weighted by Gasteiger charge is -2.08. The number of amides is 2. The molecule has 0 atom stereocenters. The van der Waals surface area contributed by atoms with E-state index in [1.807, 2.05) is 6.07 Å². The van der Waals surface area contributed by atoms with Crippen molar-refractivity contribution >= 4 is 11.8 Å². The van der Waals surface area contributed by atoms with E-state index in [1.54, 1.807) is 24.3 Å². The maximum Gasteiger partial charge on any atom is 0.251 e. The van der Waals surface area contributed by atoms with Gasteiger partial charge in [-0.05, 0) is 54.5 Å². The molecule has 0 aromatic heterocycles. The molecular formula is C20H22N2O2. The average molecular weight is 322 g/mol. The second kappa shape index (κ2) is 7.77. The van der Waals surface area contributed by atoms with Crippen LogP contribution in [-0.4, -0.2) is 24.9 Å². The molecule has 0 spiro atoms. The number of hydrogen-bond acceptors (Lipinski definition) is 2. The summed E-state index contributed by atoms with van der Waals surface area (Å²) >= 11 is 0. The van der Waals surface area contributed by atoms with Gasteiger partial charge < -0.3 is 10.6 Å². The third-order valence-corrected chi connectivity index (χ3v) is 4.34. The zero-order valence-electron chi connectivity index (χ0n) is 13.7. The van der Waals surface area contributed by atoms with Gasteiger partial charge in [0.05, 0.1) is 6.54 Å². The van der Waals surface area contributed by atoms with Crippen LogP contribution in [0.4, 0.5) is 0 Å². The zero-order chi connectivity index (χ0) is 16.8. The van der Waals surface area contributed by atoms with E-state index in [-0.39, 0.29) is 18.4 Å². The number of aryl methyl sites for hydroxylation is 2. The number of nitrogens with one attached hydrogen (secondary N) is 2. The Morgan fingerprint density at radius 2 is 1.71 bits per heavy atom. The molecule has 0 fully saturated rings. The van der Waals surface area contributed by atoms with E-state index in [2.05, 4.69) is 28.8 Å². The van der Waals surface area contributed by atoms with Gasteiger partial charge in [0, 0.05) is 12.1 Å². The molecule has 4 nitrogen and oxygen atoms in total. The molecule has 0 bridgehead atoms. The van der Waals surface area contributed by atoms with Crippen LogP contribution in [0.25, 0.3) is 0 Å². The van der Waals surface area contributed by atoms with Crippen molar-refractivity contribution in [2.45, 2.75) is 25.7 Å². The molecule has 1 aliphatic carbocycles. The smallest absolute Gasteiger partial charge is 0.251 e. The van der Waals surface area contributed by atoms with E-state index in [4.69, 9.17) is 0 Å². The number of rotatable bonds is 6. The van der Waals surface area contributed by atoms with Crippen molar-refractivity contribution in [3.63, 3.8) is 0 Å². The predicted octanol–water partition coefficient (Wildman–Crippen LogP) is 2.26. The van der Waals surface area contributed by atoms with Crippen LogP contribution in [0, 0.1) is 0 Å². The van der Waals surface area contributed by atoms with Crippen molar-refractivity contribution in [2.24, 2.45) is 0 Å². The van der Waals surface area contributed by atoms with Crippen molar-refractivity contribution in [3.8, 4) is 0 Å². The van der Waals surface area contributed by atoms with Gasteiger partial charge in [-0.2, -0.15) is 0 Å². The number of carbonyl (C=O) groups excluding carboxylic acids is 2. The molecule has 0 radical (unpaired) electrons. The number of hydrogen-bond donors (Lipinski definition) is 2. The molecule has 0 saturated heterocycles. The van der Waals surface area contributed by atoms with Crippen LogP contribution in [-0.2, 0) is 24.1 Å². The number of carbonyl (C=O) groups is 2. The first-order valence-corrected chi connectivity index (χ1v) is 8.43. The highest BCUT2D eigenvalue weighted by molar-refractivity contribution is 5.96. The molecule has 2 aromatic carbocycles. The molecule has 0 aliphatic heterocycles. The van der Waals surface area contributed by atoms with Crippen LogP contribution in [0.15, 0.2) is 48.5 Å². The Balaban J connectivity index is 1.39. The van der Waals surface area contributed by atoms with E-state index in [9.17, 15) is 9.59 Å². The first kappa shape index (κ1) is 16.2.